The summed E-state index contributed by atoms with van der Waals surface area (Å²) in [6, 6.07) is 7.42. The summed E-state index contributed by atoms with van der Waals surface area (Å²) >= 11 is 6.01. The second-order valence-corrected chi connectivity index (χ2v) is 8.33. The van der Waals surface area contributed by atoms with Crippen LogP contribution in [-0.2, 0) is 9.53 Å². The normalized spacial score (nSPS) is 14.8. The average Bonchev–Trinajstić information content (AvgIpc) is 3.20. The second kappa shape index (κ2) is 10.7. The van der Waals surface area contributed by atoms with Crippen LogP contribution in [0.3, 0.4) is 0 Å². The highest BCUT2D eigenvalue weighted by Gasteiger charge is 2.28. The third kappa shape index (κ3) is 5.84. The first-order valence-corrected chi connectivity index (χ1v) is 10.9. The molecule has 0 radical (unpaired) electrons. The van der Waals surface area contributed by atoms with Gasteiger partial charge in [-0.15, -0.1) is 0 Å². The van der Waals surface area contributed by atoms with Gasteiger partial charge in [-0.2, -0.15) is 5.10 Å². The van der Waals surface area contributed by atoms with Crippen LogP contribution in [0.25, 0.3) is 5.69 Å². The van der Waals surface area contributed by atoms with Crippen LogP contribution in [0.4, 0.5) is 0 Å². The quantitative estimate of drug-likeness (QED) is 0.627. The fourth-order valence-electron chi connectivity index (χ4n) is 3.70. The largest absolute Gasteiger partial charge is 0.383 e. The second-order valence-electron chi connectivity index (χ2n) is 7.90. The lowest BCUT2D eigenvalue weighted by molar-refractivity contribution is -0.122. The maximum atomic E-state index is 13.3. The lowest BCUT2D eigenvalue weighted by Gasteiger charge is -2.34. The monoisotopic (exact) mass is 447 g/mol. The van der Waals surface area contributed by atoms with E-state index in [1.165, 1.54) is 0 Å². The Bertz CT molecular complexity index is 889. The highest BCUT2D eigenvalue weighted by molar-refractivity contribution is 6.30. The molecule has 2 heterocycles. The van der Waals surface area contributed by atoms with Gasteiger partial charge in [0.2, 0.25) is 5.91 Å². The van der Waals surface area contributed by atoms with Crippen LogP contribution in [0.15, 0.2) is 30.5 Å². The molecule has 9 heteroatoms. The molecule has 1 aromatic heterocycles. The molecule has 8 nitrogen and oxygen atoms in total. The van der Waals surface area contributed by atoms with Crippen LogP contribution < -0.4 is 5.32 Å². The van der Waals surface area contributed by atoms with Crippen molar-refractivity contribution in [2.75, 3.05) is 53.0 Å². The molecule has 2 amide bonds. The third-order valence-electron chi connectivity index (χ3n) is 5.31. The Hall–Kier alpha value is -2.42. The number of methoxy groups -OCH3 is 1. The Morgan fingerprint density at radius 2 is 1.84 bits per heavy atom. The molecular formula is C22H30ClN5O3. The number of hydrogen-bond acceptors (Lipinski definition) is 5. The van der Waals surface area contributed by atoms with Gasteiger partial charge in [0, 0.05) is 44.9 Å². The number of nitrogens with zero attached hydrogens (tertiary/aromatic N) is 4. The molecule has 31 heavy (non-hydrogen) atoms. The van der Waals surface area contributed by atoms with Crippen molar-refractivity contribution < 1.29 is 14.3 Å². The SMILES string of the molecule is COCCNC(=O)CN1CCN(C(=O)c2cnn(-c3ccc(Cl)cc3)c2C(C)C)CC1. The molecule has 3 rings (SSSR count). The zero-order valence-corrected chi connectivity index (χ0v) is 19.1. The molecule has 2 aromatic rings. The van der Waals surface area contributed by atoms with Crippen molar-refractivity contribution >= 4 is 23.4 Å². The topological polar surface area (TPSA) is 79.7 Å². The van der Waals surface area contributed by atoms with Gasteiger partial charge in [0.25, 0.3) is 5.91 Å². The van der Waals surface area contributed by atoms with E-state index in [1.54, 1.807) is 13.3 Å². The first kappa shape index (κ1) is 23.2. The molecule has 0 saturated carbocycles. The fraction of sp³-hybridized carbons (Fsp3) is 0.500. The first-order chi connectivity index (χ1) is 14.9. The van der Waals surface area contributed by atoms with Gasteiger partial charge in [-0.3, -0.25) is 14.5 Å². The van der Waals surface area contributed by atoms with Crippen LogP contribution in [0, 0.1) is 0 Å². The van der Waals surface area contributed by atoms with Gasteiger partial charge in [-0.05, 0) is 30.2 Å². The summed E-state index contributed by atoms with van der Waals surface area (Å²) in [6.07, 6.45) is 1.65. The molecule has 1 aliphatic rings. The van der Waals surface area contributed by atoms with Crippen molar-refractivity contribution in [2.45, 2.75) is 19.8 Å². The van der Waals surface area contributed by atoms with E-state index >= 15 is 0 Å². The van der Waals surface area contributed by atoms with Crippen LogP contribution >= 0.6 is 11.6 Å². The van der Waals surface area contributed by atoms with E-state index in [9.17, 15) is 9.59 Å². The Balaban J connectivity index is 1.65. The predicted molar refractivity (Wildman–Crippen MR) is 120 cm³/mol. The summed E-state index contributed by atoms with van der Waals surface area (Å²) in [5.74, 6) is 0.0745. The highest BCUT2D eigenvalue weighted by atomic mass is 35.5. The summed E-state index contributed by atoms with van der Waals surface area (Å²) < 4.78 is 6.76. The number of halogens is 1. The van der Waals surface area contributed by atoms with Crippen LogP contribution in [0.2, 0.25) is 5.02 Å². The maximum absolute atomic E-state index is 13.3. The zero-order chi connectivity index (χ0) is 22.4. The number of carbonyl (C=O) groups is 2. The number of carbonyl (C=O) groups excluding carboxylic acids is 2. The lowest BCUT2D eigenvalue weighted by Crippen LogP contribution is -2.51. The van der Waals surface area contributed by atoms with Crippen molar-refractivity contribution in [1.82, 2.24) is 24.9 Å². The molecule has 1 saturated heterocycles. The van der Waals surface area contributed by atoms with E-state index < -0.39 is 0 Å². The smallest absolute Gasteiger partial charge is 0.257 e. The standard InChI is InChI=1S/C22H30ClN5O3/c1-16(2)21-19(14-25-28(21)18-6-4-17(23)5-7-18)22(30)27-11-9-26(10-12-27)15-20(29)24-8-13-31-3/h4-7,14,16H,8-13,15H2,1-3H3,(H,24,29). The molecule has 0 bridgehead atoms. The molecule has 0 atom stereocenters. The van der Waals surface area contributed by atoms with Crippen molar-refractivity contribution in [1.29, 1.82) is 0 Å². The number of nitrogens with one attached hydrogen (secondary N) is 1. The van der Waals surface area contributed by atoms with E-state index in [0.717, 1.165) is 11.4 Å². The third-order valence-corrected chi connectivity index (χ3v) is 5.56. The summed E-state index contributed by atoms with van der Waals surface area (Å²) in [5, 5.41) is 7.98. The van der Waals surface area contributed by atoms with Crippen LogP contribution in [0.1, 0.15) is 35.8 Å². The Morgan fingerprint density at radius 1 is 1.16 bits per heavy atom. The highest BCUT2D eigenvalue weighted by Crippen LogP contribution is 2.25. The molecule has 1 aliphatic heterocycles. The first-order valence-electron chi connectivity index (χ1n) is 10.5. The molecular weight excluding hydrogens is 418 g/mol. The van der Waals surface area contributed by atoms with Crippen molar-refractivity contribution in [3.8, 4) is 5.69 Å². The Kier molecular flexibility index (Phi) is 8.06. The Labute approximate surface area is 188 Å². The van der Waals surface area contributed by atoms with E-state index in [4.69, 9.17) is 16.3 Å². The average molecular weight is 448 g/mol. The molecule has 0 spiro atoms. The number of rotatable bonds is 8. The van der Waals surface area contributed by atoms with E-state index in [0.29, 0.717) is 56.5 Å². The van der Waals surface area contributed by atoms with Gasteiger partial charge in [0.05, 0.1) is 36.3 Å². The zero-order valence-electron chi connectivity index (χ0n) is 18.3. The predicted octanol–water partition coefficient (Wildman–Crippen LogP) is 2.17. The summed E-state index contributed by atoms with van der Waals surface area (Å²) in [6.45, 7) is 7.91. The van der Waals surface area contributed by atoms with E-state index in [-0.39, 0.29) is 17.7 Å². The van der Waals surface area contributed by atoms with Crippen LogP contribution in [0.5, 0.6) is 0 Å². The number of amides is 2. The van der Waals surface area contributed by atoms with Gasteiger partial charge in [0.15, 0.2) is 0 Å². The molecule has 1 N–H and O–H groups in total. The maximum Gasteiger partial charge on any atom is 0.257 e. The van der Waals surface area contributed by atoms with Crippen molar-refractivity contribution in [2.24, 2.45) is 0 Å². The number of ether oxygens (including phenoxy) is 1. The summed E-state index contributed by atoms with van der Waals surface area (Å²) in [7, 11) is 1.60. The van der Waals surface area contributed by atoms with E-state index in [2.05, 4.69) is 29.2 Å². The number of aromatic nitrogens is 2. The van der Waals surface area contributed by atoms with Crippen molar-refractivity contribution in [3.05, 3.63) is 46.7 Å². The molecule has 0 unspecified atom stereocenters. The van der Waals surface area contributed by atoms with Gasteiger partial charge in [-0.1, -0.05) is 25.4 Å². The van der Waals surface area contributed by atoms with Crippen molar-refractivity contribution in [3.63, 3.8) is 0 Å². The lowest BCUT2D eigenvalue weighted by atomic mass is 10.0. The minimum absolute atomic E-state index is 0.0203. The van der Waals surface area contributed by atoms with Crippen LogP contribution in [-0.4, -0.2) is 84.4 Å². The Morgan fingerprint density at radius 3 is 2.45 bits per heavy atom. The molecule has 0 aliphatic carbocycles. The summed E-state index contributed by atoms with van der Waals surface area (Å²) in [5.41, 5.74) is 2.37. The number of hydrogen-bond donors (Lipinski definition) is 1. The van der Waals surface area contributed by atoms with E-state index in [1.807, 2.05) is 33.8 Å². The minimum Gasteiger partial charge on any atom is -0.383 e. The van der Waals surface area contributed by atoms with Gasteiger partial charge >= 0.3 is 0 Å². The molecule has 168 valence electrons. The molecule has 1 fully saturated rings. The molecule has 1 aromatic carbocycles. The fourth-order valence-corrected chi connectivity index (χ4v) is 3.82. The number of piperazine rings is 1. The summed E-state index contributed by atoms with van der Waals surface area (Å²) in [4.78, 5) is 29.2. The van der Waals surface area contributed by atoms with Gasteiger partial charge in [0.1, 0.15) is 0 Å². The van der Waals surface area contributed by atoms with Gasteiger partial charge in [-0.25, -0.2) is 4.68 Å². The minimum atomic E-state index is -0.0249. The number of benzene rings is 1. The van der Waals surface area contributed by atoms with Gasteiger partial charge < -0.3 is 15.0 Å².